The van der Waals surface area contributed by atoms with Crippen molar-refractivity contribution in [3.63, 3.8) is 0 Å². The number of Topliss-reactive ketones (excluding diaryl/α,β-unsaturated/α-hetero) is 1. The number of rotatable bonds is 13. The minimum Gasteiger partial charge on any atom is -0.507 e. The van der Waals surface area contributed by atoms with E-state index < -0.39 is 29.5 Å². The van der Waals surface area contributed by atoms with Gasteiger partial charge in [0.25, 0.3) is 11.7 Å². The Kier molecular flexibility index (Phi) is 10.6. The molecule has 1 unspecified atom stereocenters. The number of carbonyl (C=O) groups excluding carboxylic acids is 3. The summed E-state index contributed by atoms with van der Waals surface area (Å²) >= 11 is 0. The van der Waals surface area contributed by atoms with Crippen molar-refractivity contribution in [2.75, 3.05) is 33.3 Å². The molecule has 7 nitrogen and oxygen atoms in total. The van der Waals surface area contributed by atoms with Crippen molar-refractivity contribution in [2.45, 2.75) is 52.0 Å². The minimum atomic E-state index is -0.841. The molecule has 1 atom stereocenters. The third kappa shape index (κ3) is 6.86. The predicted molar refractivity (Wildman–Crippen MR) is 144 cm³/mol. The lowest BCUT2D eigenvalue weighted by Crippen LogP contribution is -2.34. The third-order valence-corrected chi connectivity index (χ3v) is 6.83. The summed E-state index contributed by atoms with van der Waals surface area (Å²) in [4.78, 5) is 42.2. The van der Waals surface area contributed by atoms with Gasteiger partial charge in [0.1, 0.15) is 11.6 Å². The number of hydrogen-bond acceptors (Lipinski definition) is 6. The van der Waals surface area contributed by atoms with Crippen molar-refractivity contribution in [2.24, 2.45) is 0 Å². The Bertz CT molecular complexity index is 1140. The van der Waals surface area contributed by atoms with Crippen LogP contribution in [0.3, 0.4) is 0 Å². The van der Waals surface area contributed by atoms with Gasteiger partial charge in [0.15, 0.2) is 0 Å². The number of benzene rings is 2. The molecule has 1 amide bonds. The van der Waals surface area contributed by atoms with Crippen LogP contribution >= 0.6 is 0 Å². The molecule has 0 radical (unpaired) electrons. The lowest BCUT2D eigenvalue weighted by atomic mass is 9.94. The van der Waals surface area contributed by atoms with Crippen molar-refractivity contribution in [1.82, 2.24) is 9.80 Å². The zero-order valence-electron chi connectivity index (χ0n) is 22.4. The first-order valence-corrected chi connectivity index (χ1v) is 13.3. The van der Waals surface area contributed by atoms with Gasteiger partial charge in [-0.2, -0.15) is 0 Å². The summed E-state index contributed by atoms with van der Waals surface area (Å²) in [7, 11) is 1.29. The van der Waals surface area contributed by atoms with Crippen LogP contribution in [0, 0.1) is 5.82 Å². The highest BCUT2D eigenvalue weighted by Crippen LogP contribution is 2.39. The van der Waals surface area contributed by atoms with Crippen LogP contribution in [-0.2, 0) is 14.3 Å². The number of halogens is 1. The first-order chi connectivity index (χ1) is 18.3. The Morgan fingerprint density at radius 1 is 0.921 bits per heavy atom. The van der Waals surface area contributed by atoms with Crippen LogP contribution in [0.15, 0.2) is 54.1 Å². The normalized spacial score (nSPS) is 16.9. The number of likely N-dealkylation sites (tertiary alicyclic amines) is 1. The second kappa shape index (κ2) is 13.9. The van der Waals surface area contributed by atoms with Gasteiger partial charge < -0.3 is 19.6 Å². The van der Waals surface area contributed by atoms with Crippen LogP contribution in [0.5, 0.6) is 0 Å². The number of carbonyl (C=O) groups is 3. The highest BCUT2D eigenvalue weighted by Gasteiger charge is 2.45. The molecule has 2 aromatic rings. The standard InChI is InChI=1S/C30H37FN2O5/c1-4-6-17-32(18-7-5-2)19-8-20-33-26(21-9-11-23(12-10-21)30(37)38-3)25(28(35)29(33)36)27(34)22-13-15-24(31)16-14-22/h9-16,26,34H,4-8,17-20H2,1-3H3/b27-25-. The molecule has 0 aliphatic carbocycles. The van der Waals surface area contributed by atoms with E-state index in [-0.39, 0.29) is 16.9 Å². The van der Waals surface area contributed by atoms with Crippen molar-refractivity contribution in [3.8, 4) is 0 Å². The number of methoxy groups -OCH3 is 1. The Morgan fingerprint density at radius 2 is 1.47 bits per heavy atom. The summed E-state index contributed by atoms with van der Waals surface area (Å²) in [6, 6.07) is 10.7. The van der Waals surface area contributed by atoms with Crippen LogP contribution in [0.2, 0.25) is 0 Å². The van der Waals surface area contributed by atoms with Gasteiger partial charge in [-0.3, -0.25) is 9.59 Å². The van der Waals surface area contributed by atoms with E-state index in [1.807, 2.05) is 0 Å². The second-order valence-corrected chi connectivity index (χ2v) is 9.52. The Hall–Kier alpha value is -3.52. The van der Waals surface area contributed by atoms with Crippen molar-refractivity contribution in [3.05, 3.63) is 76.6 Å². The van der Waals surface area contributed by atoms with E-state index >= 15 is 0 Å². The number of hydrogen-bond donors (Lipinski definition) is 1. The number of esters is 1. The summed E-state index contributed by atoms with van der Waals surface area (Å²) < 4.78 is 18.3. The van der Waals surface area contributed by atoms with Crippen molar-refractivity contribution < 1.29 is 28.6 Å². The molecule has 38 heavy (non-hydrogen) atoms. The molecule has 0 saturated carbocycles. The van der Waals surface area contributed by atoms with E-state index in [0.29, 0.717) is 24.1 Å². The Balaban J connectivity index is 1.94. The molecule has 1 N–H and O–H groups in total. The number of aliphatic hydroxyl groups excluding tert-OH is 1. The first kappa shape index (κ1) is 29.0. The number of aliphatic hydroxyl groups is 1. The first-order valence-electron chi connectivity index (χ1n) is 13.3. The maximum absolute atomic E-state index is 13.5. The average Bonchev–Trinajstić information content (AvgIpc) is 3.18. The predicted octanol–water partition coefficient (Wildman–Crippen LogP) is 5.33. The number of unbranched alkanes of at least 4 members (excludes halogenated alkanes) is 2. The van der Waals surface area contributed by atoms with Crippen LogP contribution in [0.1, 0.15) is 73.5 Å². The lowest BCUT2D eigenvalue weighted by molar-refractivity contribution is -0.140. The fourth-order valence-corrected chi connectivity index (χ4v) is 4.70. The van der Waals surface area contributed by atoms with E-state index in [1.54, 1.807) is 24.3 Å². The van der Waals surface area contributed by atoms with E-state index in [2.05, 4.69) is 18.7 Å². The molecule has 1 fully saturated rings. The van der Waals surface area contributed by atoms with Gasteiger partial charge in [-0.15, -0.1) is 0 Å². The smallest absolute Gasteiger partial charge is 0.337 e. The van der Waals surface area contributed by atoms with Gasteiger partial charge in [0, 0.05) is 12.1 Å². The summed E-state index contributed by atoms with van der Waals surface area (Å²) in [5.74, 6) is -2.82. The zero-order valence-corrected chi connectivity index (χ0v) is 22.4. The molecule has 1 aliphatic rings. The fraction of sp³-hybridized carbons (Fsp3) is 0.433. The average molecular weight is 525 g/mol. The number of nitrogens with zero attached hydrogens (tertiary/aromatic N) is 2. The van der Waals surface area contributed by atoms with Gasteiger partial charge in [-0.1, -0.05) is 38.8 Å². The van der Waals surface area contributed by atoms with Crippen LogP contribution in [0.4, 0.5) is 4.39 Å². The second-order valence-electron chi connectivity index (χ2n) is 9.52. The lowest BCUT2D eigenvalue weighted by Gasteiger charge is -2.27. The van der Waals surface area contributed by atoms with Crippen LogP contribution in [0.25, 0.3) is 5.76 Å². The molecule has 0 bridgehead atoms. The van der Waals surface area contributed by atoms with Crippen molar-refractivity contribution in [1.29, 1.82) is 0 Å². The van der Waals surface area contributed by atoms with Gasteiger partial charge in [-0.05, 0) is 80.9 Å². The summed E-state index contributed by atoms with van der Waals surface area (Å²) in [6.07, 6.45) is 5.05. The maximum atomic E-state index is 13.5. The fourth-order valence-electron chi connectivity index (χ4n) is 4.70. The number of ether oxygens (including phenoxy) is 1. The topological polar surface area (TPSA) is 87.2 Å². The Labute approximate surface area is 223 Å². The largest absolute Gasteiger partial charge is 0.507 e. The summed E-state index contributed by atoms with van der Waals surface area (Å²) in [5.41, 5.74) is 1.09. The van der Waals surface area contributed by atoms with Crippen LogP contribution in [-0.4, -0.2) is 65.9 Å². The quantitative estimate of drug-likeness (QED) is 0.165. The van der Waals surface area contributed by atoms with Crippen molar-refractivity contribution >= 4 is 23.4 Å². The molecule has 0 aromatic heterocycles. The minimum absolute atomic E-state index is 0.0544. The van der Waals surface area contributed by atoms with Gasteiger partial charge in [0.2, 0.25) is 0 Å². The van der Waals surface area contributed by atoms with E-state index in [0.717, 1.165) is 45.3 Å². The molecular weight excluding hydrogens is 487 g/mol. The molecule has 3 rings (SSSR count). The van der Waals surface area contributed by atoms with Gasteiger partial charge in [-0.25, -0.2) is 9.18 Å². The highest BCUT2D eigenvalue weighted by molar-refractivity contribution is 6.46. The monoisotopic (exact) mass is 524 g/mol. The molecule has 1 heterocycles. The van der Waals surface area contributed by atoms with E-state index in [4.69, 9.17) is 4.74 Å². The van der Waals surface area contributed by atoms with E-state index in [1.165, 1.54) is 36.3 Å². The molecule has 0 spiro atoms. The molecule has 8 heteroatoms. The van der Waals surface area contributed by atoms with Gasteiger partial charge >= 0.3 is 5.97 Å². The number of ketones is 1. The Morgan fingerprint density at radius 3 is 2.03 bits per heavy atom. The third-order valence-electron chi connectivity index (χ3n) is 6.83. The number of amides is 1. The maximum Gasteiger partial charge on any atom is 0.337 e. The summed E-state index contributed by atoms with van der Waals surface area (Å²) in [6.45, 7) is 7.39. The molecule has 2 aromatic carbocycles. The summed E-state index contributed by atoms with van der Waals surface area (Å²) in [5, 5.41) is 11.1. The van der Waals surface area contributed by atoms with E-state index in [9.17, 15) is 23.9 Å². The SMILES string of the molecule is CCCCN(CCCC)CCCN1C(=O)C(=O)/C(=C(\O)c2ccc(F)cc2)C1c1ccc(C(=O)OC)cc1. The molecular formula is C30H37FN2O5. The molecule has 204 valence electrons. The molecule has 1 saturated heterocycles. The van der Waals surface area contributed by atoms with Crippen LogP contribution < -0.4 is 0 Å². The highest BCUT2D eigenvalue weighted by atomic mass is 19.1. The van der Waals surface area contributed by atoms with Gasteiger partial charge in [0.05, 0.1) is 24.3 Å². The molecule has 1 aliphatic heterocycles. The zero-order chi connectivity index (χ0) is 27.7.